The van der Waals surface area contributed by atoms with Crippen molar-refractivity contribution in [3.63, 3.8) is 0 Å². The normalized spacial score (nSPS) is 31.9. The zero-order valence-electron chi connectivity index (χ0n) is 7.91. The molecule has 0 spiro atoms. The second-order valence-corrected chi connectivity index (χ2v) is 3.84. The van der Waals surface area contributed by atoms with Gasteiger partial charge in [-0.05, 0) is 6.42 Å². The lowest BCUT2D eigenvalue weighted by molar-refractivity contribution is -0.130. The number of hydrogen-bond acceptors (Lipinski definition) is 2. The fraction of sp³-hybridized carbons (Fsp3) is 0.700. The molecule has 2 atom stereocenters. The Morgan fingerprint density at radius 3 is 2.67 bits per heavy atom. The van der Waals surface area contributed by atoms with E-state index in [2.05, 4.69) is 32.9 Å². The van der Waals surface area contributed by atoms with Gasteiger partial charge in [0.05, 0.1) is 0 Å². The average molecular weight is 168 g/mol. The molecule has 0 N–H and O–H groups in total. The van der Waals surface area contributed by atoms with Crippen molar-refractivity contribution in [3.8, 4) is 0 Å². The molecule has 0 radical (unpaired) electrons. The van der Waals surface area contributed by atoms with Crippen molar-refractivity contribution >= 4 is 6.47 Å². The first kappa shape index (κ1) is 9.30. The maximum atomic E-state index is 10.1. The van der Waals surface area contributed by atoms with Crippen LogP contribution in [-0.2, 0) is 9.53 Å². The molecule has 1 saturated carbocycles. The van der Waals surface area contributed by atoms with Crippen molar-refractivity contribution in [1.82, 2.24) is 0 Å². The summed E-state index contributed by atoms with van der Waals surface area (Å²) in [6, 6.07) is 0. The van der Waals surface area contributed by atoms with Gasteiger partial charge in [-0.2, -0.15) is 0 Å². The van der Waals surface area contributed by atoms with Crippen LogP contribution in [0.3, 0.4) is 0 Å². The Labute approximate surface area is 73.6 Å². The Kier molecular flexibility index (Phi) is 2.55. The molecular weight excluding hydrogens is 152 g/mol. The molecule has 0 aromatic rings. The van der Waals surface area contributed by atoms with Crippen molar-refractivity contribution in [2.24, 2.45) is 11.3 Å². The summed E-state index contributed by atoms with van der Waals surface area (Å²) in [6.07, 6.45) is 5.41. The van der Waals surface area contributed by atoms with E-state index >= 15 is 0 Å². The van der Waals surface area contributed by atoms with Crippen LogP contribution in [-0.4, -0.2) is 12.6 Å². The van der Waals surface area contributed by atoms with Gasteiger partial charge in [0.25, 0.3) is 6.47 Å². The minimum absolute atomic E-state index is 0.0952. The summed E-state index contributed by atoms with van der Waals surface area (Å²) in [5.74, 6) is 0.419. The first-order valence-corrected chi connectivity index (χ1v) is 4.40. The van der Waals surface area contributed by atoms with Crippen LogP contribution < -0.4 is 0 Å². The number of hydrogen-bond donors (Lipinski definition) is 0. The van der Waals surface area contributed by atoms with E-state index in [1.54, 1.807) is 0 Å². The monoisotopic (exact) mass is 168 g/mol. The van der Waals surface area contributed by atoms with Crippen molar-refractivity contribution < 1.29 is 9.53 Å². The van der Waals surface area contributed by atoms with Crippen LogP contribution in [0.4, 0.5) is 0 Å². The lowest BCUT2D eigenvalue weighted by Crippen LogP contribution is -1.98. The highest BCUT2D eigenvalue weighted by atomic mass is 16.5. The summed E-state index contributed by atoms with van der Waals surface area (Å²) < 4.78 is 4.95. The lowest BCUT2D eigenvalue weighted by atomic mass is 10.1. The highest BCUT2D eigenvalue weighted by Crippen LogP contribution is 2.54. The molecule has 0 aromatic carbocycles. The van der Waals surface area contributed by atoms with E-state index in [1.165, 1.54) is 0 Å². The molecule has 2 nitrogen and oxygen atoms in total. The molecule has 1 aliphatic carbocycles. The van der Waals surface area contributed by atoms with Crippen molar-refractivity contribution in [2.45, 2.75) is 33.3 Å². The van der Waals surface area contributed by atoms with Crippen LogP contribution in [0.2, 0.25) is 0 Å². The highest BCUT2D eigenvalue weighted by molar-refractivity contribution is 5.40. The first-order chi connectivity index (χ1) is 5.64. The van der Waals surface area contributed by atoms with E-state index in [1.807, 2.05) is 0 Å². The third-order valence-electron chi connectivity index (χ3n) is 2.59. The summed E-state index contributed by atoms with van der Waals surface area (Å²) in [4.78, 5) is 10.1. The minimum atomic E-state index is 0.0952. The van der Waals surface area contributed by atoms with Gasteiger partial charge in [0, 0.05) is 11.3 Å². The molecule has 12 heavy (non-hydrogen) atoms. The molecule has 0 heterocycles. The van der Waals surface area contributed by atoms with Crippen LogP contribution in [0.1, 0.15) is 27.2 Å². The van der Waals surface area contributed by atoms with Crippen LogP contribution in [0.15, 0.2) is 12.2 Å². The summed E-state index contributed by atoms with van der Waals surface area (Å²) in [6.45, 7) is 6.88. The van der Waals surface area contributed by atoms with Gasteiger partial charge in [-0.25, -0.2) is 0 Å². The van der Waals surface area contributed by atoms with Crippen molar-refractivity contribution in [3.05, 3.63) is 12.2 Å². The van der Waals surface area contributed by atoms with Gasteiger partial charge in [0.1, 0.15) is 6.10 Å². The maximum absolute atomic E-state index is 10.1. The van der Waals surface area contributed by atoms with Crippen molar-refractivity contribution in [1.29, 1.82) is 0 Å². The van der Waals surface area contributed by atoms with Gasteiger partial charge in [-0.3, -0.25) is 4.79 Å². The Morgan fingerprint density at radius 2 is 2.17 bits per heavy atom. The van der Waals surface area contributed by atoms with E-state index in [0.29, 0.717) is 12.4 Å². The number of rotatable bonds is 4. The third-order valence-corrected chi connectivity index (χ3v) is 2.59. The van der Waals surface area contributed by atoms with Crippen LogP contribution in [0.5, 0.6) is 0 Å². The van der Waals surface area contributed by atoms with Gasteiger partial charge >= 0.3 is 0 Å². The lowest BCUT2D eigenvalue weighted by Gasteiger charge is -1.97. The number of ether oxygens (including phenoxy) is 1. The van der Waals surface area contributed by atoms with E-state index in [4.69, 9.17) is 4.74 Å². The van der Waals surface area contributed by atoms with E-state index in [0.717, 1.165) is 6.42 Å². The second-order valence-electron chi connectivity index (χ2n) is 3.84. The van der Waals surface area contributed by atoms with Gasteiger partial charge in [-0.1, -0.05) is 32.9 Å². The van der Waals surface area contributed by atoms with E-state index in [-0.39, 0.29) is 11.5 Å². The molecule has 0 bridgehead atoms. The van der Waals surface area contributed by atoms with Crippen LogP contribution in [0.25, 0.3) is 0 Å². The Bertz CT molecular complexity index is 194. The van der Waals surface area contributed by atoms with Gasteiger partial charge in [-0.15, -0.1) is 0 Å². The highest BCUT2D eigenvalue weighted by Gasteiger charge is 2.58. The third kappa shape index (κ3) is 1.52. The Morgan fingerprint density at radius 1 is 1.50 bits per heavy atom. The zero-order valence-corrected chi connectivity index (χ0v) is 7.91. The number of carbonyl (C=O) groups excluding carboxylic acids is 1. The summed E-state index contributed by atoms with van der Waals surface area (Å²) in [5.41, 5.74) is 0.145. The predicted octanol–water partition coefficient (Wildman–Crippen LogP) is 2.15. The molecule has 1 fully saturated rings. The van der Waals surface area contributed by atoms with Crippen LogP contribution in [0, 0.1) is 11.3 Å². The largest absolute Gasteiger partial charge is 0.463 e. The minimum Gasteiger partial charge on any atom is -0.463 e. The average Bonchev–Trinajstić information content (AvgIpc) is 2.51. The Hall–Kier alpha value is -0.790. The molecule has 1 aliphatic rings. The standard InChI is InChI=1S/C10H16O2/c1-4-5-6-8-9(12-7-11)10(8,2)3/h5-9H,4H2,1-3H3/b6-5-/t8?,9-/m1/s1. The molecule has 1 unspecified atom stereocenters. The SMILES string of the molecule is CC/C=C\C1[C@@H](OC=O)C1(C)C. The van der Waals surface area contributed by atoms with Crippen molar-refractivity contribution in [2.75, 3.05) is 0 Å². The van der Waals surface area contributed by atoms with Gasteiger partial charge in [0.15, 0.2) is 0 Å². The fourth-order valence-corrected chi connectivity index (χ4v) is 1.58. The maximum Gasteiger partial charge on any atom is 0.293 e. The molecule has 0 aliphatic heterocycles. The molecule has 68 valence electrons. The van der Waals surface area contributed by atoms with Gasteiger partial charge in [0.2, 0.25) is 0 Å². The predicted molar refractivity (Wildman–Crippen MR) is 47.6 cm³/mol. The summed E-state index contributed by atoms with van der Waals surface area (Å²) >= 11 is 0. The number of carbonyl (C=O) groups is 1. The van der Waals surface area contributed by atoms with E-state index in [9.17, 15) is 4.79 Å². The zero-order chi connectivity index (χ0) is 9.19. The fourth-order valence-electron chi connectivity index (χ4n) is 1.58. The summed E-state index contributed by atoms with van der Waals surface area (Å²) in [7, 11) is 0. The first-order valence-electron chi connectivity index (χ1n) is 4.40. The molecule has 1 rings (SSSR count). The summed E-state index contributed by atoms with van der Waals surface area (Å²) in [5, 5.41) is 0. The number of allylic oxidation sites excluding steroid dienone is 1. The molecule has 0 amide bonds. The second kappa shape index (κ2) is 3.30. The molecule has 2 heteroatoms. The van der Waals surface area contributed by atoms with Gasteiger partial charge < -0.3 is 4.74 Å². The topological polar surface area (TPSA) is 26.3 Å². The molecule has 0 saturated heterocycles. The smallest absolute Gasteiger partial charge is 0.293 e. The van der Waals surface area contributed by atoms with Crippen LogP contribution >= 0.6 is 0 Å². The quantitative estimate of drug-likeness (QED) is 0.475. The Balaban J connectivity index is 2.48. The van der Waals surface area contributed by atoms with E-state index < -0.39 is 0 Å². The molecular formula is C10H16O2. The molecule has 0 aromatic heterocycles.